The van der Waals surface area contributed by atoms with Crippen molar-refractivity contribution < 1.29 is 15.3 Å². The van der Waals surface area contributed by atoms with Gasteiger partial charge in [-0.05, 0) is 82.8 Å². The normalized spacial score (nSPS) is 18.7. The fourth-order valence-corrected chi connectivity index (χ4v) is 4.86. The van der Waals surface area contributed by atoms with Gasteiger partial charge in [0.15, 0.2) is 0 Å². The molecule has 0 spiro atoms. The van der Waals surface area contributed by atoms with Crippen LogP contribution in [0.2, 0.25) is 0 Å². The van der Waals surface area contributed by atoms with Crippen LogP contribution in [0, 0.1) is 5.41 Å². The SMILES string of the molecule is CC(C1=CCC(C)(C(C)(C)c2ccc(O)cc2)C=C1)(c1ccc(O)cc1)c1ccc(O)cc1. The molecule has 1 atom stereocenters. The van der Waals surface area contributed by atoms with Crippen LogP contribution in [0.3, 0.4) is 0 Å². The molecular formula is C30H32O3. The van der Waals surface area contributed by atoms with Crippen LogP contribution in [0.5, 0.6) is 17.2 Å². The quantitative estimate of drug-likeness (QED) is 0.401. The molecule has 3 heteroatoms. The van der Waals surface area contributed by atoms with Gasteiger partial charge in [0.25, 0.3) is 0 Å². The van der Waals surface area contributed by atoms with Crippen molar-refractivity contribution in [2.75, 3.05) is 0 Å². The van der Waals surface area contributed by atoms with E-state index in [1.807, 2.05) is 36.4 Å². The summed E-state index contributed by atoms with van der Waals surface area (Å²) >= 11 is 0. The number of hydrogen-bond donors (Lipinski definition) is 3. The largest absolute Gasteiger partial charge is 0.508 e. The molecule has 3 nitrogen and oxygen atoms in total. The molecule has 0 fully saturated rings. The number of phenols is 3. The molecule has 0 radical (unpaired) electrons. The van der Waals surface area contributed by atoms with E-state index in [4.69, 9.17) is 0 Å². The molecule has 0 aliphatic heterocycles. The second kappa shape index (κ2) is 8.15. The Balaban J connectivity index is 1.75. The summed E-state index contributed by atoms with van der Waals surface area (Å²) in [6, 6.07) is 22.3. The van der Waals surface area contributed by atoms with Crippen LogP contribution in [0.1, 0.15) is 50.8 Å². The molecule has 0 amide bonds. The number of aromatic hydroxyl groups is 3. The predicted molar refractivity (Wildman–Crippen MR) is 134 cm³/mol. The molecule has 0 heterocycles. The summed E-state index contributed by atoms with van der Waals surface area (Å²) in [5.41, 5.74) is 3.81. The summed E-state index contributed by atoms with van der Waals surface area (Å²) in [7, 11) is 0. The van der Waals surface area contributed by atoms with E-state index in [2.05, 4.69) is 45.9 Å². The van der Waals surface area contributed by atoms with E-state index in [1.54, 1.807) is 36.4 Å². The van der Waals surface area contributed by atoms with Crippen molar-refractivity contribution >= 4 is 0 Å². The third-order valence-corrected chi connectivity index (χ3v) is 7.86. The molecule has 4 rings (SSSR count). The lowest BCUT2D eigenvalue weighted by Crippen LogP contribution is -2.39. The van der Waals surface area contributed by atoms with Gasteiger partial charge in [-0.1, -0.05) is 75.4 Å². The van der Waals surface area contributed by atoms with Gasteiger partial charge >= 0.3 is 0 Å². The van der Waals surface area contributed by atoms with Gasteiger partial charge in [0.2, 0.25) is 0 Å². The maximum atomic E-state index is 9.85. The summed E-state index contributed by atoms with van der Waals surface area (Å²) in [4.78, 5) is 0. The fourth-order valence-electron chi connectivity index (χ4n) is 4.86. The topological polar surface area (TPSA) is 60.7 Å². The number of hydrogen-bond acceptors (Lipinski definition) is 3. The Kier molecular flexibility index (Phi) is 5.61. The average Bonchev–Trinajstić information content (AvgIpc) is 2.80. The highest BCUT2D eigenvalue weighted by Gasteiger charge is 2.42. The van der Waals surface area contributed by atoms with Crippen LogP contribution in [0.4, 0.5) is 0 Å². The van der Waals surface area contributed by atoms with E-state index in [1.165, 1.54) is 11.1 Å². The molecular weight excluding hydrogens is 408 g/mol. The summed E-state index contributed by atoms with van der Waals surface area (Å²) in [6.45, 7) is 8.97. The lowest BCUT2D eigenvalue weighted by Gasteiger charge is -2.45. The van der Waals surface area contributed by atoms with Gasteiger partial charge in [-0.25, -0.2) is 0 Å². The van der Waals surface area contributed by atoms with Crippen LogP contribution in [-0.2, 0) is 10.8 Å². The lowest BCUT2D eigenvalue weighted by atomic mass is 9.58. The van der Waals surface area contributed by atoms with E-state index in [9.17, 15) is 15.3 Å². The first-order chi connectivity index (χ1) is 15.6. The Morgan fingerprint density at radius 1 is 0.636 bits per heavy atom. The molecule has 0 aromatic heterocycles. The zero-order valence-electron chi connectivity index (χ0n) is 19.7. The monoisotopic (exact) mass is 440 g/mol. The summed E-state index contributed by atoms with van der Waals surface area (Å²) in [5, 5.41) is 29.4. The first kappa shape index (κ1) is 22.7. The van der Waals surface area contributed by atoms with Crippen LogP contribution >= 0.6 is 0 Å². The van der Waals surface area contributed by atoms with Crippen molar-refractivity contribution in [1.29, 1.82) is 0 Å². The first-order valence-corrected chi connectivity index (χ1v) is 11.3. The van der Waals surface area contributed by atoms with E-state index in [-0.39, 0.29) is 28.1 Å². The first-order valence-electron chi connectivity index (χ1n) is 11.3. The minimum atomic E-state index is -0.443. The molecule has 1 aliphatic rings. The minimum absolute atomic E-state index is 0.113. The Bertz CT molecular complexity index is 1140. The van der Waals surface area contributed by atoms with Gasteiger partial charge in [-0.3, -0.25) is 0 Å². The van der Waals surface area contributed by atoms with Crippen molar-refractivity contribution in [1.82, 2.24) is 0 Å². The highest BCUT2D eigenvalue weighted by Crippen LogP contribution is 2.50. The second-order valence-corrected chi connectivity index (χ2v) is 10.0. The molecule has 3 aromatic rings. The van der Waals surface area contributed by atoms with E-state index >= 15 is 0 Å². The zero-order valence-corrected chi connectivity index (χ0v) is 19.7. The average molecular weight is 441 g/mol. The van der Waals surface area contributed by atoms with E-state index in [0.29, 0.717) is 0 Å². The number of benzene rings is 3. The van der Waals surface area contributed by atoms with Crippen LogP contribution in [0.15, 0.2) is 96.6 Å². The number of rotatable bonds is 5. The highest BCUT2D eigenvalue weighted by molar-refractivity contribution is 5.54. The Labute approximate surface area is 196 Å². The molecule has 0 saturated heterocycles. The Hall–Kier alpha value is -3.46. The molecule has 1 aliphatic carbocycles. The predicted octanol–water partition coefficient (Wildman–Crippen LogP) is 6.98. The van der Waals surface area contributed by atoms with Crippen molar-refractivity contribution in [3.63, 3.8) is 0 Å². The molecule has 33 heavy (non-hydrogen) atoms. The van der Waals surface area contributed by atoms with E-state index < -0.39 is 5.41 Å². The van der Waals surface area contributed by atoms with Crippen molar-refractivity contribution in [3.05, 3.63) is 113 Å². The summed E-state index contributed by atoms with van der Waals surface area (Å²) in [5.74, 6) is 0.756. The Morgan fingerprint density at radius 3 is 1.39 bits per heavy atom. The Morgan fingerprint density at radius 2 is 1.03 bits per heavy atom. The van der Waals surface area contributed by atoms with Crippen LogP contribution < -0.4 is 0 Å². The third kappa shape index (κ3) is 3.93. The molecule has 0 bridgehead atoms. The van der Waals surface area contributed by atoms with Gasteiger partial charge < -0.3 is 15.3 Å². The van der Waals surface area contributed by atoms with Crippen LogP contribution in [-0.4, -0.2) is 15.3 Å². The third-order valence-electron chi connectivity index (χ3n) is 7.86. The van der Waals surface area contributed by atoms with Crippen molar-refractivity contribution in [2.24, 2.45) is 5.41 Å². The van der Waals surface area contributed by atoms with Crippen LogP contribution in [0.25, 0.3) is 0 Å². The maximum Gasteiger partial charge on any atom is 0.115 e. The molecule has 0 saturated carbocycles. The van der Waals surface area contributed by atoms with Gasteiger partial charge in [0, 0.05) is 5.41 Å². The van der Waals surface area contributed by atoms with Gasteiger partial charge in [-0.15, -0.1) is 0 Å². The van der Waals surface area contributed by atoms with E-state index in [0.717, 1.165) is 17.5 Å². The number of allylic oxidation sites excluding steroid dienone is 4. The summed E-state index contributed by atoms with van der Waals surface area (Å²) < 4.78 is 0. The molecule has 170 valence electrons. The van der Waals surface area contributed by atoms with Crippen molar-refractivity contribution in [2.45, 2.75) is 44.9 Å². The lowest BCUT2D eigenvalue weighted by molar-refractivity contribution is 0.238. The van der Waals surface area contributed by atoms with Crippen molar-refractivity contribution in [3.8, 4) is 17.2 Å². The number of phenolic OH excluding ortho intramolecular Hbond substituents is 3. The van der Waals surface area contributed by atoms with Gasteiger partial charge in [0.05, 0.1) is 0 Å². The minimum Gasteiger partial charge on any atom is -0.508 e. The molecule has 3 aromatic carbocycles. The summed E-state index contributed by atoms with van der Waals surface area (Å²) in [6.07, 6.45) is 7.72. The molecule has 3 N–H and O–H groups in total. The second-order valence-electron chi connectivity index (χ2n) is 10.0. The highest BCUT2D eigenvalue weighted by atomic mass is 16.3. The molecule has 1 unspecified atom stereocenters. The van der Waals surface area contributed by atoms with Gasteiger partial charge in [0.1, 0.15) is 17.2 Å². The van der Waals surface area contributed by atoms with Gasteiger partial charge in [-0.2, -0.15) is 0 Å². The standard InChI is InChI=1S/C30H32O3/c1-28(2,21-5-11-25(31)12-6-21)29(3)19-17-24(18-20-29)30(4,22-7-13-26(32)14-8-22)23-9-15-27(33)16-10-23/h5-19,31-33H,20H2,1-4H3. The smallest absolute Gasteiger partial charge is 0.115 e. The maximum absolute atomic E-state index is 9.85. The fraction of sp³-hybridized carbons (Fsp3) is 0.267. The zero-order chi connectivity index (χ0) is 23.9.